The Morgan fingerprint density at radius 2 is 1.61 bits per heavy atom. The summed E-state index contributed by atoms with van der Waals surface area (Å²) in [6.07, 6.45) is 0. The number of hydrogen-bond acceptors (Lipinski definition) is 2. The van der Waals surface area contributed by atoms with Gasteiger partial charge < -0.3 is 10.1 Å². The van der Waals surface area contributed by atoms with Crippen molar-refractivity contribution in [3.05, 3.63) is 83.4 Å². The molecule has 4 rings (SSSR count). The molecule has 0 amide bonds. The van der Waals surface area contributed by atoms with E-state index in [4.69, 9.17) is 4.74 Å². The van der Waals surface area contributed by atoms with Crippen LogP contribution in [0.4, 0.5) is 0 Å². The lowest BCUT2D eigenvalue weighted by Crippen LogP contribution is -1.99. The van der Waals surface area contributed by atoms with Crippen molar-refractivity contribution in [2.75, 3.05) is 0 Å². The van der Waals surface area contributed by atoms with E-state index in [2.05, 4.69) is 42.6 Å². The minimum atomic E-state index is 0.864. The van der Waals surface area contributed by atoms with Crippen molar-refractivity contribution in [1.82, 2.24) is 5.32 Å². The fourth-order valence-corrected chi connectivity index (χ4v) is 3.11. The van der Waals surface area contributed by atoms with Gasteiger partial charge >= 0.3 is 0 Å². The second-order valence-corrected chi connectivity index (χ2v) is 5.98. The second-order valence-electron chi connectivity index (χ2n) is 5.98. The van der Waals surface area contributed by atoms with Crippen LogP contribution in [0, 0.1) is 6.92 Å². The zero-order valence-electron chi connectivity index (χ0n) is 13.2. The van der Waals surface area contributed by atoms with Crippen LogP contribution in [0.5, 0.6) is 11.5 Å². The molecule has 114 valence electrons. The Kier molecular flexibility index (Phi) is 3.60. The number of nitrogens with one attached hydrogen (secondary N) is 1. The van der Waals surface area contributed by atoms with Gasteiger partial charge in [-0.3, -0.25) is 0 Å². The van der Waals surface area contributed by atoms with E-state index >= 15 is 0 Å². The molecule has 0 radical (unpaired) electrons. The van der Waals surface area contributed by atoms with Gasteiger partial charge in [0.1, 0.15) is 11.5 Å². The molecule has 1 aliphatic rings. The molecule has 0 spiro atoms. The average molecular weight is 301 g/mol. The molecule has 0 saturated carbocycles. The van der Waals surface area contributed by atoms with Gasteiger partial charge in [-0.05, 0) is 65.1 Å². The molecule has 0 atom stereocenters. The van der Waals surface area contributed by atoms with Gasteiger partial charge in [0.15, 0.2) is 0 Å². The number of fused-ring (bicyclic) bond motifs is 1. The van der Waals surface area contributed by atoms with Crippen LogP contribution < -0.4 is 10.1 Å². The van der Waals surface area contributed by atoms with Crippen molar-refractivity contribution in [1.29, 1.82) is 0 Å². The maximum absolute atomic E-state index is 5.91. The summed E-state index contributed by atoms with van der Waals surface area (Å²) in [5, 5.41) is 3.40. The molecular formula is C21H19NO. The Balaban J connectivity index is 1.63. The molecule has 0 unspecified atom stereocenters. The van der Waals surface area contributed by atoms with E-state index in [-0.39, 0.29) is 0 Å². The third-order valence-corrected chi connectivity index (χ3v) is 4.32. The highest BCUT2D eigenvalue weighted by atomic mass is 16.5. The van der Waals surface area contributed by atoms with Crippen molar-refractivity contribution in [3.8, 4) is 22.6 Å². The number of rotatable bonds is 3. The molecule has 0 saturated heterocycles. The van der Waals surface area contributed by atoms with E-state index in [1.807, 2.05) is 36.4 Å². The van der Waals surface area contributed by atoms with Gasteiger partial charge in [0.25, 0.3) is 0 Å². The Hall–Kier alpha value is -2.58. The highest BCUT2D eigenvalue weighted by Crippen LogP contribution is 2.31. The number of para-hydroxylation sites is 1. The normalized spacial score (nSPS) is 12.9. The van der Waals surface area contributed by atoms with Crippen molar-refractivity contribution in [2.45, 2.75) is 20.0 Å². The minimum absolute atomic E-state index is 0.864. The van der Waals surface area contributed by atoms with Crippen molar-refractivity contribution in [2.24, 2.45) is 0 Å². The molecule has 1 aliphatic heterocycles. The van der Waals surface area contributed by atoms with Crippen molar-refractivity contribution >= 4 is 0 Å². The maximum atomic E-state index is 5.91. The number of ether oxygens (including phenoxy) is 1. The largest absolute Gasteiger partial charge is 0.457 e. The first-order valence-electron chi connectivity index (χ1n) is 7.96. The molecule has 0 aromatic heterocycles. The number of aryl methyl sites for hydroxylation is 1. The van der Waals surface area contributed by atoms with E-state index in [1.54, 1.807) is 0 Å². The lowest BCUT2D eigenvalue weighted by molar-refractivity contribution is 0.482. The molecule has 0 bridgehead atoms. The summed E-state index contributed by atoms with van der Waals surface area (Å²) in [6, 6.07) is 22.9. The Morgan fingerprint density at radius 3 is 2.43 bits per heavy atom. The fourth-order valence-electron chi connectivity index (χ4n) is 3.11. The lowest BCUT2D eigenvalue weighted by Gasteiger charge is -2.11. The zero-order chi connectivity index (χ0) is 15.6. The first kappa shape index (κ1) is 14.0. The quantitative estimate of drug-likeness (QED) is 0.730. The summed E-state index contributed by atoms with van der Waals surface area (Å²) in [5.41, 5.74) is 6.59. The van der Waals surface area contributed by atoms with E-state index in [0.29, 0.717) is 0 Å². The maximum Gasteiger partial charge on any atom is 0.127 e. The standard InChI is InChI=1S/C21H19NO/c1-15-11-20(23-19-5-3-2-4-6-19)9-10-21(15)16-7-8-17-13-22-14-18(17)12-16/h2-12,22H,13-14H2,1H3. The molecule has 2 nitrogen and oxygen atoms in total. The van der Waals surface area contributed by atoms with E-state index in [1.165, 1.54) is 27.8 Å². The van der Waals surface area contributed by atoms with Crippen LogP contribution in [-0.4, -0.2) is 0 Å². The molecule has 0 fully saturated rings. The summed E-state index contributed by atoms with van der Waals surface area (Å²) in [4.78, 5) is 0. The fraction of sp³-hybridized carbons (Fsp3) is 0.143. The van der Waals surface area contributed by atoms with Gasteiger partial charge in [-0.25, -0.2) is 0 Å². The Morgan fingerprint density at radius 1 is 0.783 bits per heavy atom. The van der Waals surface area contributed by atoms with Gasteiger partial charge in [-0.1, -0.05) is 36.4 Å². The summed E-state index contributed by atoms with van der Waals surface area (Å²) in [6.45, 7) is 4.09. The molecule has 2 heteroatoms. The van der Waals surface area contributed by atoms with Gasteiger partial charge in [0.2, 0.25) is 0 Å². The van der Waals surface area contributed by atoms with Gasteiger partial charge in [-0.2, -0.15) is 0 Å². The first-order valence-corrected chi connectivity index (χ1v) is 7.96. The Bertz CT molecular complexity index is 840. The first-order chi connectivity index (χ1) is 11.3. The molecule has 1 heterocycles. The second kappa shape index (κ2) is 5.90. The smallest absolute Gasteiger partial charge is 0.127 e. The third-order valence-electron chi connectivity index (χ3n) is 4.32. The summed E-state index contributed by atoms with van der Waals surface area (Å²) >= 11 is 0. The van der Waals surface area contributed by atoms with Crippen LogP contribution in [0.3, 0.4) is 0 Å². The molecule has 0 aliphatic carbocycles. The van der Waals surface area contributed by atoms with Crippen LogP contribution in [0.25, 0.3) is 11.1 Å². The lowest BCUT2D eigenvalue weighted by atomic mass is 9.97. The average Bonchev–Trinajstić information content (AvgIpc) is 3.03. The van der Waals surface area contributed by atoms with E-state index < -0.39 is 0 Å². The molecule has 3 aromatic carbocycles. The zero-order valence-corrected chi connectivity index (χ0v) is 13.2. The molecular weight excluding hydrogens is 282 g/mol. The monoisotopic (exact) mass is 301 g/mol. The van der Waals surface area contributed by atoms with E-state index in [9.17, 15) is 0 Å². The predicted octanol–water partition coefficient (Wildman–Crippen LogP) is 5.06. The number of hydrogen-bond donors (Lipinski definition) is 1. The summed E-state index contributed by atoms with van der Waals surface area (Å²) in [7, 11) is 0. The highest BCUT2D eigenvalue weighted by Gasteiger charge is 2.12. The summed E-state index contributed by atoms with van der Waals surface area (Å²) in [5.74, 6) is 1.74. The molecule has 3 aromatic rings. The topological polar surface area (TPSA) is 21.3 Å². The van der Waals surface area contributed by atoms with Crippen LogP contribution in [0.1, 0.15) is 16.7 Å². The summed E-state index contributed by atoms with van der Waals surface area (Å²) < 4.78 is 5.91. The van der Waals surface area contributed by atoms with Crippen LogP contribution in [0.2, 0.25) is 0 Å². The van der Waals surface area contributed by atoms with Crippen LogP contribution in [-0.2, 0) is 13.1 Å². The SMILES string of the molecule is Cc1cc(Oc2ccccc2)ccc1-c1ccc2c(c1)CNC2. The van der Waals surface area contributed by atoms with Gasteiger partial charge in [0, 0.05) is 13.1 Å². The van der Waals surface area contributed by atoms with Crippen LogP contribution >= 0.6 is 0 Å². The third kappa shape index (κ3) is 2.86. The Labute approximate surface area is 136 Å². The minimum Gasteiger partial charge on any atom is -0.457 e. The van der Waals surface area contributed by atoms with Gasteiger partial charge in [-0.15, -0.1) is 0 Å². The highest BCUT2D eigenvalue weighted by molar-refractivity contribution is 5.69. The van der Waals surface area contributed by atoms with Crippen molar-refractivity contribution in [3.63, 3.8) is 0 Å². The van der Waals surface area contributed by atoms with Crippen molar-refractivity contribution < 1.29 is 4.74 Å². The molecule has 1 N–H and O–H groups in total. The van der Waals surface area contributed by atoms with Crippen LogP contribution in [0.15, 0.2) is 66.7 Å². The number of benzene rings is 3. The predicted molar refractivity (Wildman–Crippen MR) is 93.7 cm³/mol. The molecule has 23 heavy (non-hydrogen) atoms. The van der Waals surface area contributed by atoms with Gasteiger partial charge in [0.05, 0.1) is 0 Å². The van der Waals surface area contributed by atoms with E-state index in [0.717, 1.165) is 24.6 Å².